The molecular weight excluding hydrogens is 230 g/mol. The Morgan fingerprint density at radius 3 is 2.61 bits per heavy atom. The minimum absolute atomic E-state index is 0.113. The van der Waals surface area contributed by atoms with Crippen LogP contribution >= 0.6 is 0 Å². The van der Waals surface area contributed by atoms with E-state index >= 15 is 0 Å². The average Bonchev–Trinajstić information content (AvgIpc) is 2.38. The molecule has 2 aromatic rings. The van der Waals surface area contributed by atoms with Gasteiger partial charge in [-0.2, -0.15) is 0 Å². The van der Waals surface area contributed by atoms with Crippen LogP contribution in [0.15, 0.2) is 42.7 Å². The molecule has 1 heterocycles. The molecule has 0 unspecified atom stereocenters. The Morgan fingerprint density at radius 2 is 2.00 bits per heavy atom. The first-order valence-electron chi connectivity index (χ1n) is 5.54. The zero-order valence-corrected chi connectivity index (χ0v) is 9.96. The second kappa shape index (κ2) is 5.27. The van der Waals surface area contributed by atoms with E-state index in [1.54, 1.807) is 24.5 Å². The summed E-state index contributed by atoms with van der Waals surface area (Å²) in [7, 11) is 0. The fourth-order valence-electron chi connectivity index (χ4n) is 1.66. The summed E-state index contributed by atoms with van der Waals surface area (Å²) in [6, 6.07) is 8.65. The van der Waals surface area contributed by atoms with Crippen LogP contribution in [0.4, 0.5) is 11.4 Å². The Hall–Kier alpha value is -2.43. The Kier molecular flexibility index (Phi) is 3.52. The highest BCUT2D eigenvalue weighted by Gasteiger charge is 2.07. The van der Waals surface area contributed by atoms with Crippen LogP contribution in [0.2, 0.25) is 0 Å². The van der Waals surface area contributed by atoms with E-state index < -0.39 is 0 Å². The van der Waals surface area contributed by atoms with Crippen LogP contribution < -0.4 is 5.32 Å². The van der Waals surface area contributed by atoms with Crippen molar-refractivity contribution in [1.82, 2.24) is 4.98 Å². The van der Waals surface area contributed by atoms with Gasteiger partial charge in [-0.15, -0.1) is 0 Å². The van der Waals surface area contributed by atoms with Gasteiger partial charge in [-0.3, -0.25) is 15.1 Å². The molecule has 0 aliphatic heterocycles. The zero-order chi connectivity index (χ0) is 13.0. The SMILES string of the molecule is Cc1cc([N+](=O)[O-])ccc1NCc1ccncc1. The van der Waals surface area contributed by atoms with Gasteiger partial charge in [0.2, 0.25) is 0 Å². The van der Waals surface area contributed by atoms with Crippen molar-refractivity contribution in [3.05, 3.63) is 64.0 Å². The molecule has 1 aromatic carbocycles. The summed E-state index contributed by atoms with van der Waals surface area (Å²) in [5.74, 6) is 0. The molecular formula is C13H13N3O2. The van der Waals surface area contributed by atoms with Crippen LogP contribution in [-0.2, 0) is 6.54 Å². The third-order valence-corrected chi connectivity index (χ3v) is 2.65. The second-order valence-corrected chi connectivity index (χ2v) is 3.97. The zero-order valence-electron chi connectivity index (χ0n) is 9.96. The number of nitrogens with one attached hydrogen (secondary N) is 1. The number of nitro benzene ring substituents is 1. The molecule has 0 saturated heterocycles. The Labute approximate surface area is 105 Å². The fourth-order valence-corrected chi connectivity index (χ4v) is 1.66. The van der Waals surface area contributed by atoms with Gasteiger partial charge in [0.15, 0.2) is 0 Å². The molecule has 0 atom stereocenters. The average molecular weight is 243 g/mol. The molecule has 0 saturated carbocycles. The predicted octanol–water partition coefficient (Wildman–Crippen LogP) is 2.91. The number of non-ortho nitro benzene ring substituents is 1. The lowest BCUT2D eigenvalue weighted by molar-refractivity contribution is -0.384. The second-order valence-electron chi connectivity index (χ2n) is 3.97. The summed E-state index contributed by atoms with van der Waals surface area (Å²) in [5.41, 5.74) is 2.99. The molecule has 0 amide bonds. The number of pyridine rings is 1. The number of aromatic nitrogens is 1. The first-order chi connectivity index (χ1) is 8.66. The maximum absolute atomic E-state index is 10.6. The predicted molar refractivity (Wildman–Crippen MR) is 69.4 cm³/mol. The Balaban J connectivity index is 2.08. The lowest BCUT2D eigenvalue weighted by atomic mass is 10.1. The number of benzene rings is 1. The van der Waals surface area contributed by atoms with E-state index in [-0.39, 0.29) is 10.6 Å². The summed E-state index contributed by atoms with van der Waals surface area (Å²) in [5, 5.41) is 13.9. The standard InChI is InChI=1S/C13H13N3O2/c1-10-8-12(16(17)18)2-3-13(10)15-9-11-4-6-14-7-5-11/h2-8,15H,9H2,1H3. The molecule has 0 aliphatic rings. The van der Waals surface area contributed by atoms with Gasteiger partial charge in [0.05, 0.1) is 4.92 Å². The van der Waals surface area contributed by atoms with E-state index in [0.29, 0.717) is 6.54 Å². The monoisotopic (exact) mass is 243 g/mol. The van der Waals surface area contributed by atoms with E-state index in [1.807, 2.05) is 19.1 Å². The molecule has 0 radical (unpaired) electrons. The van der Waals surface area contributed by atoms with E-state index in [1.165, 1.54) is 6.07 Å². The van der Waals surface area contributed by atoms with Gasteiger partial charge in [-0.1, -0.05) is 0 Å². The highest BCUT2D eigenvalue weighted by molar-refractivity contribution is 5.55. The summed E-state index contributed by atoms with van der Waals surface area (Å²) in [6.45, 7) is 2.52. The van der Waals surface area contributed by atoms with Gasteiger partial charge in [0, 0.05) is 36.8 Å². The molecule has 0 spiro atoms. The van der Waals surface area contributed by atoms with Crippen molar-refractivity contribution in [3.8, 4) is 0 Å². The number of nitrogens with zero attached hydrogens (tertiary/aromatic N) is 2. The van der Waals surface area contributed by atoms with E-state index in [2.05, 4.69) is 10.3 Å². The van der Waals surface area contributed by atoms with Gasteiger partial charge in [0.25, 0.3) is 5.69 Å². The van der Waals surface area contributed by atoms with Crippen LogP contribution in [0, 0.1) is 17.0 Å². The van der Waals surface area contributed by atoms with Crippen molar-refractivity contribution in [2.75, 3.05) is 5.32 Å². The first kappa shape index (κ1) is 12.0. The van der Waals surface area contributed by atoms with Crippen molar-refractivity contribution < 1.29 is 4.92 Å². The summed E-state index contributed by atoms with van der Waals surface area (Å²) < 4.78 is 0. The van der Waals surface area contributed by atoms with Crippen LogP contribution in [-0.4, -0.2) is 9.91 Å². The van der Waals surface area contributed by atoms with Crippen LogP contribution in [0.1, 0.15) is 11.1 Å². The summed E-state index contributed by atoms with van der Waals surface area (Å²) in [6.07, 6.45) is 3.47. The van der Waals surface area contributed by atoms with Gasteiger partial charge in [0.1, 0.15) is 0 Å². The molecule has 0 fully saturated rings. The minimum Gasteiger partial charge on any atom is -0.381 e. The molecule has 92 valence electrons. The molecule has 18 heavy (non-hydrogen) atoms. The quantitative estimate of drug-likeness (QED) is 0.662. The molecule has 5 heteroatoms. The smallest absolute Gasteiger partial charge is 0.269 e. The summed E-state index contributed by atoms with van der Waals surface area (Å²) in [4.78, 5) is 14.2. The molecule has 1 N–H and O–H groups in total. The normalized spacial score (nSPS) is 10.1. The number of hydrogen-bond donors (Lipinski definition) is 1. The van der Waals surface area contributed by atoms with Crippen LogP contribution in [0.25, 0.3) is 0 Å². The van der Waals surface area contributed by atoms with Gasteiger partial charge < -0.3 is 5.32 Å². The molecule has 1 aromatic heterocycles. The van der Waals surface area contributed by atoms with Gasteiger partial charge in [-0.25, -0.2) is 0 Å². The highest BCUT2D eigenvalue weighted by Crippen LogP contribution is 2.21. The lowest BCUT2D eigenvalue weighted by Gasteiger charge is -2.09. The van der Waals surface area contributed by atoms with Crippen molar-refractivity contribution in [2.45, 2.75) is 13.5 Å². The topological polar surface area (TPSA) is 68.1 Å². The minimum atomic E-state index is -0.389. The number of nitro groups is 1. The third kappa shape index (κ3) is 2.82. The van der Waals surface area contributed by atoms with Crippen LogP contribution in [0.5, 0.6) is 0 Å². The maximum atomic E-state index is 10.6. The largest absolute Gasteiger partial charge is 0.381 e. The Morgan fingerprint density at radius 1 is 1.28 bits per heavy atom. The number of rotatable bonds is 4. The van der Waals surface area contributed by atoms with Crippen molar-refractivity contribution in [3.63, 3.8) is 0 Å². The van der Waals surface area contributed by atoms with Crippen LogP contribution in [0.3, 0.4) is 0 Å². The van der Waals surface area contributed by atoms with E-state index in [9.17, 15) is 10.1 Å². The van der Waals surface area contributed by atoms with Crippen molar-refractivity contribution in [2.24, 2.45) is 0 Å². The van der Waals surface area contributed by atoms with E-state index in [0.717, 1.165) is 16.8 Å². The van der Waals surface area contributed by atoms with E-state index in [4.69, 9.17) is 0 Å². The fraction of sp³-hybridized carbons (Fsp3) is 0.154. The van der Waals surface area contributed by atoms with Gasteiger partial charge >= 0.3 is 0 Å². The number of aryl methyl sites for hydroxylation is 1. The van der Waals surface area contributed by atoms with Gasteiger partial charge in [-0.05, 0) is 36.2 Å². The first-order valence-corrected chi connectivity index (χ1v) is 5.54. The molecule has 0 bridgehead atoms. The third-order valence-electron chi connectivity index (χ3n) is 2.65. The Bertz CT molecular complexity index is 555. The molecule has 0 aliphatic carbocycles. The van der Waals surface area contributed by atoms with Crippen molar-refractivity contribution >= 4 is 11.4 Å². The lowest BCUT2D eigenvalue weighted by Crippen LogP contribution is -2.01. The molecule has 5 nitrogen and oxygen atoms in total. The summed E-state index contributed by atoms with van der Waals surface area (Å²) >= 11 is 0. The maximum Gasteiger partial charge on any atom is 0.269 e. The number of anilines is 1. The number of hydrogen-bond acceptors (Lipinski definition) is 4. The highest BCUT2D eigenvalue weighted by atomic mass is 16.6. The van der Waals surface area contributed by atoms with Crippen molar-refractivity contribution in [1.29, 1.82) is 0 Å². The molecule has 2 rings (SSSR count).